The van der Waals surface area contributed by atoms with E-state index in [-0.39, 0.29) is 12.4 Å². The van der Waals surface area contributed by atoms with Crippen LogP contribution in [0.5, 0.6) is 5.75 Å². The van der Waals surface area contributed by atoms with E-state index in [0.29, 0.717) is 5.82 Å². The lowest BCUT2D eigenvalue weighted by atomic mass is 10.3. The molecule has 0 aliphatic heterocycles. The molecule has 0 spiro atoms. The van der Waals surface area contributed by atoms with Gasteiger partial charge in [0.15, 0.2) is 18.2 Å². The first kappa shape index (κ1) is 10.1. The summed E-state index contributed by atoms with van der Waals surface area (Å²) in [6.45, 7) is 0.0733. The lowest BCUT2D eigenvalue weighted by Gasteiger charge is -2.04. The number of hydrogen-bond acceptors (Lipinski definition) is 4. The fraction of sp³-hybridized carbons (Fsp3) is 0.111. The number of benzene rings is 1. The predicted octanol–water partition coefficient (Wildman–Crippen LogP) is 2.55. The van der Waals surface area contributed by atoms with E-state index in [4.69, 9.17) is 4.74 Å². The van der Waals surface area contributed by atoms with Gasteiger partial charge in [0, 0.05) is 4.47 Å². The van der Waals surface area contributed by atoms with Crippen LogP contribution in [-0.2, 0) is 6.61 Å². The van der Waals surface area contributed by atoms with Crippen LogP contribution in [0.3, 0.4) is 0 Å². The molecule has 0 N–H and O–H groups in total. The van der Waals surface area contributed by atoms with E-state index in [1.165, 1.54) is 18.5 Å². The minimum Gasteiger partial charge on any atom is -0.482 e. The molecule has 1 heterocycles. The maximum absolute atomic E-state index is 13.2. The molecule has 78 valence electrons. The SMILES string of the molecule is Fc1ccc(Br)cc1OCc1ncon1. The second-order valence-corrected chi connectivity index (χ2v) is 3.63. The van der Waals surface area contributed by atoms with E-state index in [9.17, 15) is 4.39 Å². The van der Waals surface area contributed by atoms with Crippen LogP contribution < -0.4 is 4.74 Å². The number of ether oxygens (including phenoxy) is 1. The fourth-order valence-electron chi connectivity index (χ4n) is 0.986. The lowest BCUT2D eigenvalue weighted by Crippen LogP contribution is -1.99. The molecule has 0 aliphatic carbocycles. The zero-order valence-corrected chi connectivity index (χ0v) is 9.07. The first-order valence-corrected chi connectivity index (χ1v) is 4.88. The fourth-order valence-corrected chi connectivity index (χ4v) is 1.33. The molecular weight excluding hydrogens is 267 g/mol. The van der Waals surface area contributed by atoms with E-state index in [1.54, 1.807) is 6.07 Å². The van der Waals surface area contributed by atoms with E-state index in [2.05, 4.69) is 30.6 Å². The highest BCUT2D eigenvalue weighted by Crippen LogP contribution is 2.22. The zero-order chi connectivity index (χ0) is 10.7. The minimum atomic E-state index is -0.429. The Labute approximate surface area is 93.2 Å². The van der Waals surface area contributed by atoms with Crippen molar-refractivity contribution in [2.75, 3.05) is 0 Å². The van der Waals surface area contributed by atoms with Crippen molar-refractivity contribution in [3.05, 3.63) is 40.7 Å². The summed E-state index contributed by atoms with van der Waals surface area (Å²) >= 11 is 3.22. The van der Waals surface area contributed by atoms with Gasteiger partial charge in [0.2, 0.25) is 12.2 Å². The average Bonchev–Trinajstić information content (AvgIpc) is 2.72. The standard InChI is InChI=1S/C9H6BrFN2O2/c10-6-1-2-7(11)8(3-6)14-4-9-12-5-15-13-9/h1-3,5H,4H2. The van der Waals surface area contributed by atoms with Crippen molar-refractivity contribution in [1.82, 2.24) is 10.1 Å². The van der Waals surface area contributed by atoms with Crippen molar-refractivity contribution in [3.8, 4) is 5.75 Å². The third-order valence-corrected chi connectivity index (χ3v) is 2.15. The Morgan fingerprint density at radius 1 is 1.47 bits per heavy atom. The molecule has 0 saturated carbocycles. The number of aromatic nitrogens is 2. The van der Waals surface area contributed by atoms with Crippen molar-refractivity contribution >= 4 is 15.9 Å². The third kappa shape index (κ3) is 2.53. The molecule has 0 unspecified atom stereocenters. The Kier molecular flexibility index (Phi) is 2.96. The van der Waals surface area contributed by atoms with Gasteiger partial charge in [0.25, 0.3) is 0 Å². The molecule has 4 nitrogen and oxygen atoms in total. The molecule has 0 radical (unpaired) electrons. The minimum absolute atomic E-state index is 0.0733. The summed E-state index contributed by atoms with van der Waals surface area (Å²) in [6, 6.07) is 4.45. The molecule has 2 aromatic rings. The van der Waals surface area contributed by atoms with Gasteiger partial charge in [0.05, 0.1) is 0 Å². The van der Waals surface area contributed by atoms with Crippen LogP contribution in [0, 0.1) is 5.82 Å². The monoisotopic (exact) mass is 272 g/mol. The van der Waals surface area contributed by atoms with Gasteiger partial charge in [0.1, 0.15) is 0 Å². The number of nitrogens with zero attached hydrogens (tertiary/aromatic N) is 2. The van der Waals surface area contributed by atoms with Crippen LogP contribution in [0.25, 0.3) is 0 Å². The van der Waals surface area contributed by atoms with Gasteiger partial charge in [-0.2, -0.15) is 4.98 Å². The van der Waals surface area contributed by atoms with Crippen LogP contribution in [0.1, 0.15) is 5.82 Å². The summed E-state index contributed by atoms with van der Waals surface area (Å²) in [5.41, 5.74) is 0. The molecule has 0 atom stereocenters. The topological polar surface area (TPSA) is 48.2 Å². The van der Waals surface area contributed by atoms with Gasteiger partial charge in [-0.3, -0.25) is 0 Å². The smallest absolute Gasteiger partial charge is 0.213 e. The van der Waals surface area contributed by atoms with E-state index < -0.39 is 5.82 Å². The summed E-state index contributed by atoms with van der Waals surface area (Å²) in [5, 5.41) is 3.54. The normalized spacial score (nSPS) is 10.3. The quantitative estimate of drug-likeness (QED) is 0.862. The molecule has 0 amide bonds. The first-order chi connectivity index (χ1) is 7.25. The van der Waals surface area contributed by atoms with Gasteiger partial charge in [-0.1, -0.05) is 21.1 Å². The Morgan fingerprint density at radius 3 is 3.07 bits per heavy atom. The van der Waals surface area contributed by atoms with E-state index in [1.807, 2.05) is 0 Å². The summed E-state index contributed by atoms with van der Waals surface area (Å²) in [6.07, 6.45) is 1.19. The number of hydrogen-bond donors (Lipinski definition) is 0. The Balaban J connectivity index is 2.07. The second kappa shape index (κ2) is 4.39. The molecule has 15 heavy (non-hydrogen) atoms. The summed E-state index contributed by atoms with van der Waals surface area (Å²) in [5.74, 6) is 0.0882. The molecule has 1 aromatic carbocycles. The van der Waals surface area contributed by atoms with Crippen LogP contribution in [0.2, 0.25) is 0 Å². The van der Waals surface area contributed by atoms with Crippen LogP contribution in [0.15, 0.2) is 33.6 Å². The molecule has 0 bridgehead atoms. The highest BCUT2D eigenvalue weighted by molar-refractivity contribution is 9.10. The van der Waals surface area contributed by atoms with Crippen LogP contribution in [0.4, 0.5) is 4.39 Å². The number of halogens is 2. The second-order valence-electron chi connectivity index (χ2n) is 2.71. The van der Waals surface area contributed by atoms with Gasteiger partial charge in [-0.05, 0) is 18.2 Å². The molecule has 2 rings (SSSR count). The van der Waals surface area contributed by atoms with Gasteiger partial charge in [-0.25, -0.2) is 4.39 Å². The van der Waals surface area contributed by atoms with Crippen molar-refractivity contribution < 1.29 is 13.7 Å². The maximum atomic E-state index is 13.2. The van der Waals surface area contributed by atoms with Gasteiger partial charge < -0.3 is 9.26 Å². The van der Waals surface area contributed by atoms with Crippen molar-refractivity contribution in [3.63, 3.8) is 0 Å². The lowest BCUT2D eigenvalue weighted by molar-refractivity contribution is 0.273. The molecule has 1 aromatic heterocycles. The van der Waals surface area contributed by atoms with Gasteiger partial charge in [-0.15, -0.1) is 0 Å². The van der Waals surface area contributed by atoms with Crippen LogP contribution >= 0.6 is 15.9 Å². The summed E-state index contributed by atoms with van der Waals surface area (Å²) < 4.78 is 23.6. The third-order valence-electron chi connectivity index (χ3n) is 1.66. The molecule has 0 saturated heterocycles. The van der Waals surface area contributed by atoms with Crippen LogP contribution in [-0.4, -0.2) is 10.1 Å². The highest BCUT2D eigenvalue weighted by atomic mass is 79.9. The summed E-state index contributed by atoms with van der Waals surface area (Å²) in [7, 11) is 0. The summed E-state index contributed by atoms with van der Waals surface area (Å²) in [4.78, 5) is 3.75. The van der Waals surface area contributed by atoms with E-state index in [0.717, 1.165) is 4.47 Å². The molecular formula is C9H6BrFN2O2. The first-order valence-electron chi connectivity index (χ1n) is 4.09. The Bertz CT molecular complexity index is 447. The Morgan fingerprint density at radius 2 is 2.33 bits per heavy atom. The highest BCUT2D eigenvalue weighted by Gasteiger charge is 2.05. The molecule has 6 heteroatoms. The average molecular weight is 273 g/mol. The Hall–Kier alpha value is -1.43. The van der Waals surface area contributed by atoms with Crippen molar-refractivity contribution in [2.45, 2.75) is 6.61 Å². The number of rotatable bonds is 3. The molecule has 0 fully saturated rings. The largest absolute Gasteiger partial charge is 0.482 e. The molecule has 0 aliphatic rings. The van der Waals surface area contributed by atoms with E-state index >= 15 is 0 Å². The maximum Gasteiger partial charge on any atom is 0.213 e. The predicted molar refractivity (Wildman–Crippen MR) is 52.7 cm³/mol. The van der Waals surface area contributed by atoms with Crippen molar-refractivity contribution in [2.24, 2.45) is 0 Å². The zero-order valence-electron chi connectivity index (χ0n) is 7.48. The van der Waals surface area contributed by atoms with Gasteiger partial charge >= 0.3 is 0 Å². The van der Waals surface area contributed by atoms with Crippen molar-refractivity contribution in [1.29, 1.82) is 0 Å².